The first kappa shape index (κ1) is 13.6. The van der Waals surface area contributed by atoms with Crippen LogP contribution in [-0.4, -0.2) is 35.4 Å². The topological polar surface area (TPSA) is 39.1 Å². The molecule has 3 rings (SSSR count). The number of nitrogens with one attached hydrogen (secondary N) is 1. The zero-order valence-electron chi connectivity index (χ0n) is 12.1. The lowest BCUT2D eigenvalue weighted by molar-refractivity contribution is 0.110. The number of imidazole rings is 1. The van der Waals surface area contributed by atoms with E-state index in [0.717, 1.165) is 38.1 Å². The zero-order valence-corrected chi connectivity index (χ0v) is 12.1. The van der Waals surface area contributed by atoms with Crippen LogP contribution in [0.3, 0.4) is 0 Å². The maximum absolute atomic E-state index is 5.60. The molecule has 0 radical (unpaired) electrons. The van der Waals surface area contributed by atoms with Gasteiger partial charge >= 0.3 is 0 Å². The van der Waals surface area contributed by atoms with Gasteiger partial charge in [-0.2, -0.15) is 0 Å². The summed E-state index contributed by atoms with van der Waals surface area (Å²) in [6, 6.07) is 8.31. The minimum atomic E-state index is 0.436. The average Bonchev–Trinajstić information content (AvgIpc) is 3.08. The number of hydrogen-bond donors (Lipinski definition) is 1. The Kier molecular flexibility index (Phi) is 4.33. The average molecular weight is 273 g/mol. The summed E-state index contributed by atoms with van der Waals surface area (Å²) in [5, 5.41) is 3.49. The predicted molar refractivity (Wildman–Crippen MR) is 80.9 cm³/mol. The summed E-state index contributed by atoms with van der Waals surface area (Å²) in [5.74, 6) is 1.17. The number of benzene rings is 1. The van der Waals surface area contributed by atoms with E-state index in [4.69, 9.17) is 9.72 Å². The molecule has 0 aliphatic carbocycles. The fourth-order valence-electron chi connectivity index (χ4n) is 2.86. The second kappa shape index (κ2) is 6.37. The number of fused-ring (bicyclic) bond motifs is 1. The third kappa shape index (κ3) is 3.02. The van der Waals surface area contributed by atoms with Crippen LogP contribution in [0.1, 0.15) is 25.1 Å². The van der Waals surface area contributed by atoms with E-state index < -0.39 is 0 Å². The third-order valence-electron chi connectivity index (χ3n) is 4.03. The lowest BCUT2D eigenvalue weighted by Gasteiger charge is -2.10. The molecular weight excluding hydrogens is 250 g/mol. The van der Waals surface area contributed by atoms with E-state index in [0.29, 0.717) is 6.10 Å². The molecule has 1 aromatic carbocycles. The third-order valence-corrected chi connectivity index (χ3v) is 4.03. The van der Waals surface area contributed by atoms with Crippen molar-refractivity contribution < 1.29 is 4.74 Å². The molecule has 1 aliphatic heterocycles. The zero-order chi connectivity index (χ0) is 13.8. The Labute approximate surface area is 120 Å². The number of ether oxygens (including phenoxy) is 1. The van der Waals surface area contributed by atoms with Gasteiger partial charge in [0.25, 0.3) is 0 Å². The van der Waals surface area contributed by atoms with E-state index in [2.05, 4.69) is 35.1 Å². The molecule has 0 bridgehead atoms. The Morgan fingerprint density at radius 3 is 3.10 bits per heavy atom. The molecule has 108 valence electrons. The number of nitrogens with zero attached hydrogens (tertiary/aromatic N) is 2. The summed E-state index contributed by atoms with van der Waals surface area (Å²) in [6.07, 6.45) is 4.99. The fourth-order valence-corrected chi connectivity index (χ4v) is 2.86. The Balaban J connectivity index is 1.46. The van der Waals surface area contributed by atoms with Gasteiger partial charge < -0.3 is 14.6 Å². The van der Waals surface area contributed by atoms with Crippen LogP contribution in [0.4, 0.5) is 0 Å². The largest absolute Gasteiger partial charge is 0.377 e. The van der Waals surface area contributed by atoms with Crippen LogP contribution < -0.4 is 5.32 Å². The fraction of sp³-hybridized carbons (Fsp3) is 0.562. The van der Waals surface area contributed by atoms with Gasteiger partial charge in [0.2, 0.25) is 0 Å². The van der Waals surface area contributed by atoms with Gasteiger partial charge in [0.15, 0.2) is 0 Å². The summed E-state index contributed by atoms with van der Waals surface area (Å²) in [7, 11) is 2.10. The van der Waals surface area contributed by atoms with E-state index in [1.54, 1.807) is 0 Å². The number of para-hydroxylation sites is 2. The van der Waals surface area contributed by atoms with Crippen LogP contribution in [-0.2, 0) is 18.2 Å². The Hall–Kier alpha value is -1.39. The maximum Gasteiger partial charge on any atom is 0.109 e. The van der Waals surface area contributed by atoms with Crippen molar-refractivity contribution >= 4 is 11.0 Å². The van der Waals surface area contributed by atoms with Crippen molar-refractivity contribution in [2.45, 2.75) is 31.8 Å². The first-order valence-electron chi connectivity index (χ1n) is 7.57. The van der Waals surface area contributed by atoms with Gasteiger partial charge in [0, 0.05) is 26.6 Å². The highest BCUT2D eigenvalue weighted by molar-refractivity contribution is 5.75. The van der Waals surface area contributed by atoms with Crippen LogP contribution in [0.2, 0.25) is 0 Å². The molecule has 0 amide bonds. The van der Waals surface area contributed by atoms with Gasteiger partial charge in [-0.15, -0.1) is 0 Å². The molecular formula is C16H23N3O. The van der Waals surface area contributed by atoms with E-state index in [9.17, 15) is 0 Å². The first-order chi connectivity index (χ1) is 9.84. The van der Waals surface area contributed by atoms with Crippen LogP contribution in [0.25, 0.3) is 11.0 Å². The molecule has 0 saturated carbocycles. The van der Waals surface area contributed by atoms with Gasteiger partial charge in [0.05, 0.1) is 17.1 Å². The highest BCUT2D eigenvalue weighted by Gasteiger charge is 2.14. The van der Waals surface area contributed by atoms with Crippen LogP contribution in [0.5, 0.6) is 0 Å². The van der Waals surface area contributed by atoms with Crippen LogP contribution in [0, 0.1) is 0 Å². The van der Waals surface area contributed by atoms with Crippen molar-refractivity contribution in [1.82, 2.24) is 14.9 Å². The van der Waals surface area contributed by atoms with E-state index in [1.165, 1.54) is 24.2 Å². The van der Waals surface area contributed by atoms with E-state index >= 15 is 0 Å². The van der Waals surface area contributed by atoms with Crippen molar-refractivity contribution in [1.29, 1.82) is 0 Å². The first-order valence-corrected chi connectivity index (χ1v) is 7.57. The summed E-state index contributed by atoms with van der Waals surface area (Å²) >= 11 is 0. The molecule has 20 heavy (non-hydrogen) atoms. The van der Waals surface area contributed by atoms with Crippen molar-refractivity contribution in [3.05, 3.63) is 30.1 Å². The highest BCUT2D eigenvalue weighted by Crippen LogP contribution is 2.15. The van der Waals surface area contributed by atoms with Crippen LogP contribution in [0.15, 0.2) is 24.3 Å². The second-order valence-electron chi connectivity index (χ2n) is 5.52. The van der Waals surface area contributed by atoms with Gasteiger partial charge in [-0.05, 0) is 37.9 Å². The van der Waals surface area contributed by atoms with Crippen molar-refractivity contribution in [3.8, 4) is 0 Å². The van der Waals surface area contributed by atoms with Crippen molar-refractivity contribution in [2.24, 2.45) is 7.05 Å². The smallest absolute Gasteiger partial charge is 0.109 e. The molecule has 4 heteroatoms. The Bertz CT molecular complexity index is 558. The standard InChI is InChI=1S/C16H23N3O/c1-19-15-8-3-2-7-14(15)18-16(19)9-4-10-17-12-13-6-5-11-20-13/h2-3,7-8,13,17H,4-6,9-12H2,1H3. The lowest BCUT2D eigenvalue weighted by atomic mass is 10.2. The van der Waals surface area contributed by atoms with Gasteiger partial charge in [0.1, 0.15) is 5.82 Å². The minimum absolute atomic E-state index is 0.436. The maximum atomic E-state index is 5.60. The number of aryl methyl sites for hydroxylation is 2. The molecule has 1 atom stereocenters. The summed E-state index contributed by atoms with van der Waals surface area (Å²) in [6.45, 7) is 2.96. The number of hydrogen-bond acceptors (Lipinski definition) is 3. The van der Waals surface area contributed by atoms with Crippen LogP contribution >= 0.6 is 0 Å². The molecule has 2 aromatic rings. The molecule has 1 unspecified atom stereocenters. The lowest BCUT2D eigenvalue weighted by Crippen LogP contribution is -2.27. The van der Waals surface area contributed by atoms with Gasteiger partial charge in [-0.3, -0.25) is 0 Å². The Morgan fingerprint density at radius 2 is 2.30 bits per heavy atom. The molecule has 4 nitrogen and oxygen atoms in total. The van der Waals surface area contributed by atoms with Crippen molar-refractivity contribution in [3.63, 3.8) is 0 Å². The van der Waals surface area contributed by atoms with E-state index in [-0.39, 0.29) is 0 Å². The summed E-state index contributed by atoms with van der Waals surface area (Å²) in [5.41, 5.74) is 2.31. The van der Waals surface area contributed by atoms with Crippen molar-refractivity contribution in [2.75, 3.05) is 19.7 Å². The summed E-state index contributed by atoms with van der Waals surface area (Å²) in [4.78, 5) is 4.70. The second-order valence-corrected chi connectivity index (χ2v) is 5.52. The molecule has 2 heterocycles. The van der Waals surface area contributed by atoms with E-state index in [1.807, 2.05) is 6.07 Å². The molecule has 1 saturated heterocycles. The SMILES string of the molecule is Cn1c(CCCNCC2CCCO2)nc2ccccc21. The normalized spacial score (nSPS) is 18.9. The van der Waals surface area contributed by atoms with Gasteiger partial charge in [-0.1, -0.05) is 12.1 Å². The number of aromatic nitrogens is 2. The molecule has 0 spiro atoms. The minimum Gasteiger partial charge on any atom is -0.377 e. The monoisotopic (exact) mass is 273 g/mol. The van der Waals surface area contributed by atoms with Gasteiger partial charge in [-0.25, -0.2) is 4.98 Å². The molecule has 1 fully saturated rings. The quantitative estimate of drug-likeness (QED) is 0.821. The number of rotatable bonds is 6. The molecule has 1 aliphatic rings. The predicted octanol–water partition coefficient (Wildman–Crippen LogP) is 2.27. The highest BCUT2D eigenvalue weighted by atomic mass is 16.5. The molecule has 1 N–H and O–H groups in total. The molecule has 1 aromatic heterocycles. The Morgan fingerprint density at radius 1 is 1.40 bits per heavy atom. The summed E-state index contributed by atoms with van der Waals surface area (Å²) < 4.78 is 7.80.